The molecule has 0 bridgehead atoms. The van der Waals surface area contributed by atoms with Gasteiger partial charge in [-0.2, -0.15) is 0 Å². The number of hydrogen-bond donors (Lipinski definition) is 0. The van der Waals surface area contributed by atoms with Gasteiger partial charge in [0.15, 0.2) is 12.4 Å². The van der Waals surface area contributed by atoms with Crippen LogP contribution in [0.25, 0.3) is 0 Å². The average Bonchev–Trinajstić information content (AvgIpc) is 2.96. The molecule has 1 saturated heterocycles. The number of benzene rings is 2. The third-order valence-corrected chi connectivity index (χ3v) is 5.75. The summed E-state index contributed by atoms with van der Waals surface area (Å²) in [6, 6.07) is 15.8. The molecule has 144 valence electrons. The highest BCUT2D eigenvalue weighted by Crippen LogP contribution is 2.44. The van der Waals surface area contributed by atoms with Crippen molar-refractivity contribution in [1.82, 2.24) is 0 Å². The van der Waals surface area contributed by atoms with E-state index in [4.69, 9.17) is 4.74 Å². The van der Waals surface area contributed by atoms with Crippen LogP contribution in [0.5, 0.6) is 5.75 Å². The van der Waals surface area contributed by atoms with Crippen LogP contribution in [0.15, 0.2) is 54.6 Å². The van der Waals surface area contributed by atoms with E-state index in [-0.39, 0.29) is 36.0 Å². The number of anilines is 1. The zero-order valence-electron chi connectivity index (χ0n) is 15.8. The molecule has 1 aliphatic heterocycles. The predicted molar refractivity (Wildman–Crippen MR) is 105 cm³/mol. The molecule has 0 aromatic heterocycles. The van der Waals surface area contributed by atoms with Crippen LogP contribution in [0.1, 0.15) is 36.5 Å². The molecule has 2 aromatic carbocycles. The Morgan fingerprint density at radius 3 is 2.43 bits per heavy atom. The van der Waals surface area contributed by atoms with Crippen LogP contribution in [-0.4, -0.2) is 24.2 Å². The number of nitrogens with zero attached hydrogens (tertiary/aromatic N) is 1. The fourth-order valence-corrected chi connectivity index (χ4v) is 4.24. The second-order valence-corrected chi connectivity index (χ2v) is 7.69. The van der Waals surface area contributed by atoms with Crippen molar-refractivity contribution in [3.05, 3.63) is 60.2 Å². The van der Waals surface area contributed by atoms with Gasteiger partial charge in [0.2, 0.25) is 11.8 Å². The minimum atomic E-state index is -0.241. The van der Waals surface area contributed by atoms with Crippen LogP contribution in [0.3, 0.4) is 0 Å². The third-order valence-electron chi connectivity index (χ3n) is 5.75. The standard InChI is InChI=1S/C23H23NO4/c1-15-11-12-17-18(13-15)23(27)24(22(17)26)19-9-5-6-10-21(19)28-14-20(25)16-7-3-2-4-8-16/h2-10,15,17-18H,11-14H2,1H3/t15-,17-,18+/m1/s1. The lowest BCUT2D eigenvalue weighted by molar-refractivity contribution is -0.122. The van der Waals surface area contributed by atoms with Gasteiger partial charge in [-0.1, -0.05) is 49.4 Å². The Kier molecular flexibility index (Phi) is 4.99. The van der Waals surface area contributed by atoms with Crippen molar-refractivity contribution in [3.63, 3.8) is 0 Å². The van der Waals surface area contributed by atoms with Crippen molar-refractivity contribution in [3.8, 4) is 5.75 Å². The highest BCUT2D eigenvalue weighted by Gasteiger charge is 2.50. The summed E-state index contributed by atoms with van der Waals surface area (Å²) in [6.07, 6.45) is 2.47. The minimum absolute atomic E-state index is 0.146. The summed E-state index contributed by atoms with van der Waals surface area (Å²) in [5, 5.41) is 0. The van der Waals surface area contributed by atoms with Gasteiger partial charge in [0.1, 0.15) is 5.75 Å². The Balaban J connectivity index is 1.55. The maximum atomic E-state index is 13.0. The first kappa shape index (κ1) is 18.4. The van der Waals surface area contributed by atoms with E-state index in [1.807, 2.05) is 6.07 Å². The number of Topliss-reactive ketones (excluding diaryl/α,β-unsaturated/α-hetero) is 1. The molecule has 0 spiro atoms. The zero-order chi connectivity index (χ0) is 19.7. The van der Waals surface area contributed by atoms with E-state index in [9.17, 15) is 14.4 Å². The maximum Gasteiger partial charge on any atom is 0.237 e. The van der Waals surface area contributed by atoms with E-state index in [2.05, 4.69) is 6.92 Å². The molecule has 2 amide bonds. The normalized spacial score (nSPS) is 24.2. The first-order valence-corrected chi connectivity index (χ1v) is 9.74. The summed E-state index contributed by atoms with van der Waals surface area (Å²) in [5.74, 6) is -0.0950. The van der Waals surface area contributed by atoms with Gasteiger partial charge >= 0.3 is 0 Å². The van der Waals surface area contributed by atoms with Gasteiger partial charge in [-0.25, -0.2) is 4.90 Å². The fraction of sp³-hybridized carbons (Fsp3) is 0.348. The smallest absolute Gasteiger partial charge is 0.237 e. The molecule has 0 radical (unpaired) electrons. The Morgan fingerprint density at radius 1 is 0.964 bits per heavy atom. The third kappa shape index (κ3) is 3.33. The maximum absolute atomic E-state index is 13.0. The molecule has 2 aliphatic rings. The summed E-state index contributed by atoms with van der Waals surface area (Å²) in [4.78, 5) is 39.6. The molecule has 28 heavy (non-hydrogen) atoms. The topological polar surface area (TPSA) is 63.7 Å². The quantitative estimate of drug-likeness (QED) is 0.586. The molecule has 1 saturated carbocycles. The molecule has 4 rings (SSSR count). The Labute approximate surface area is 164 Å². The van der Waals surface area contributed by atoms with Gasteiger partial charge < -0.3 is 4.74 Å². The second-order valence-electron chi connectivity index (χ2n) is 7.69. The van der Waals surface area contributed by atoms with Crippen LogP contribution in [0.4, 0.5) is 5.69 Å². The van der Waals surface area contributed by atoms with Gasteiger partial charge in [-0.15, -0.1) is 0 Å². The molecule has 1 aliphatic carbocycles. The summed E-state index contributed by atoms with van der Waals surface area (Å²) < 4.78 is 5.74. The van der Waals surface area contributed by atoms with E-state index in [0.717, 1.165) is 19.3 Å². The average molecular weight is 377 g/mol. The van der Waals surface area contributed by atoms with E-state index < -0.39 is 0 Å². The molecule has 0 N–H and O–H groups in total. The van der Waals surface area contributed by atoms with E-state index in [0.29, 0.717) is 22.9 Å². The van der Waals surface area contributed by atoms with E-state index in [1.165, 1.54) is 4.90 Å². The van der Waals surface area contributed by atoms with Crippen molar-refractivity contribution in [2.24, 2.45) is 17.8 Å². The highest BCUT2D eigenvalue weighted by molar-refractivity contribution is 6.22. The Bertz CT molecular complexity index is 908. The van der Waals surface area contributed by atoms with Gasteiger partial charge in [-0.3, -0.25) is 14.4 Å². The van der Waals surface area contributed by atoms with Gasteiger partial charge in [0, 0.05) is 5.56 Å². The predicted octanol–water partition coefficient (Wildman–Crippen LogP) is 3.87. The number of carbonyl (C=O) groups excluding carboxylic acids is 3. The van der Waals surface area contributed by atoms with Crippen molar-refractivity contribution in [1.29, 1.82) is 0 Å². The number of ketones is 1. The number of ether oxygens (including phenoxy) is 1. The second kappa shape index (κ2) is 7.58. The van der Waals surface area contributed by atoms with Crippen LogP contribution in [0.2, 0.25) is 0 Å². The number of fused-ring (bicyclic) bond motifs is 1. The summed E-state index contributed by atoms with van der Waals surface area (Å²) in [5.41, 5.74) is 0.994. The van der Waals surface area contributed by atoms with Gasteiger partial charge in [-0.05, 0) is 37.3 Å². The van der Waals surface area contributed by atoms with Crippen molar-refractivity contribution in [2.45, 2.75) is 26.2 Å². The van der Waals surface area contributed by atoms with E-state index >= 15 is 0 Å². The lowest BCUT2D eigenvalue weighted by Crippen LogP contribution is -2.31. The SMILES string of the molecule is C[C@@H]1CC[C@H]2C(=O)N(c3ccccc3OCC(=O)c3ccccc3)C(=O)[C@H]2C1. The number of hydrogen-bond acceptors (Lipinski definition) is 4. The molecule has 5 heteroatoms. The molecular formula is C23H23NO4. The first-order chi connectivity index (χ1) is 13.6. The summed E-state index contributed by atoms with van der Waals surface area (Å²) >= 11 is 0. The summed E-state index contributed by atoms with van der Waals surface area (Å²) in [7, 11) is 0. The van der Waals surface area contributed by atoms with Crippen molar-refractivity contribution in [2.75, 3.05) is 11.5 Å². The van der Waals surface area contributed by atoms with E-state index in [1.54, 1.807) is 48.5 Å². The number of amides is 2. The molecule has 0 unspecified atom stereocenters. The molecule has 3 atom stereocenters. The minimum Gasteiger partial charge on any atom is -0.483 e. The fourth-order valence-electron chi connectivity index (χ4n) is 4.24. The Hall–Kier alpha value is -2.95. The molecule has 2 fully saturated rings. The highest BCUT2D eigenvalue weighted by atomic mass is 16.5. The number of para-hydroxylation sites is 2. The molecule has 1 heterocycles. The summed E-state index contributed by atoms with van der Waals surface area (Å²) in [6.45, 7) is 1.98. The molecule has 2 aromatic rings. The number of rotatable bonds is 5. The van der Waals surface area contributed by atoms with Gasteiger partial charge in [0.25, 0.3) is 0 Å². The molecule has 5 nitrogen and oxygen atoms in total. The number of carbonyl (C=O) groups is 3. The largest absolute Gasteiger partial charge is 0.483 e. The lowest BCUT2D eigenvalue weighted by Gasteiger charge is -2.25. The first-order valence-electron chi connectivity index (χ1n) is 9.74. The van der Waals surface area contributed by atoms with Crippen LogP contribution >= 0.6 is 0 Å². The lowest BCUT2D eigenvalue weighted by atomic mass is 9.76. The Morgan fingerprint density at radius 2 is 1.64 bits per heavy atom. The number of imide groups is 1. The van der Waals surface area contributed by atoms with Crippen molar-refractivity contribution < 1.29 is 19.1 Å². The van der Waals surface area contributed by atoms with Crippen LogP contribution < -0.4 is 9.64 Å². The van der Waals surface area contributed by atoms with Crippen molar-refractivity contribution >= 4 is 23.3 Å². The monoisotopic (exact) mass is 377 g/mol. The van der Waals surface area contributed by atoms with Crippen LogP contribution in [-0.2, 0) is 9.59 Å². The zero-order valence-corrected chi connectivity index (χ0v) is 15.8. The van der Waals surface area contributed by atoms with Crippen LogP contribution in [0, 0.1) is 17.8 Å². The molecular weight excluding hydrogens is 354 g/mol. The van der Waals surface area contributed by atoms with Gasteiger partial charge in [0.05, 0.1) is 17.5 Å².